The van der Waals surface area contributed by atoms with E-state index in [1.165, 1.54) is 24.4 Å². The topological polar surface area (TPSA) is 86.0 Å². The monoisotopic (exact) mass is 349 g/mol. The number of rotatable bonds is 6. The van der Waals surface area contributed by atoms with Crippen LogP contribution >= 0.6 is 11.5 Å². The molecule has 0 aromatic carbocycles. The third kappa shape index (κ3) is 3.44. The van der Waals surface area contributed by atoms with Gasteiger partial charge < -0.3 is 14.6 Å². The Hall–Kier alpha value is -1.54. The van der Waals surface area contributed by atoms with Gasteiger partial charge in [-0.25, -0.2) is 4.98 Å². The molecule has 1 saturated carbocycles. The minimum absolute atomic E-state index is 0.0334. The maximum absolute atomic E-state index is 5.57. The van der Waals surface area contributed by atoms with Crippen molar-refractivity contribution >= 4 is 16.7 Å². The molecule has 1 N–H and O–H groups in total. The lowest BCUT2D eigenvalue weighted by atomic mass is 9.91. The standard InChI is InChI=1S/C16H23N5O2S/c1-9(2)13-18-15(23-20-13)12(10-5-7-22-8-6-10)17-16-19-14(21-24-16)11-3-4-11/h9-12H,3-8H2,1-2H3,(H,17,19,21). The summed E-state index contributed by atoms with van der Waals surface area (Å²) in [4.78, 5) is 9.26. The number of nitrogens with zero attached hydrogens (tertiary/aromatic N) is 4. The molecule has 3 heterocycles. The Labute approximate surface area is 145 Å². The van der Waals surface area contributed by atoms with Crippen LogP contribution in [0, 0.1) is 5.92 Å². The maximum Gasteiger partial charge on any atom is 0.249 e. The second-order valence-corrected chi connectivity index (χ2v) is 7.70. The molecule has 2 aliphatic rings. The molecule has 2 aromatic rings. The van der Waals surface area contributed by atoms with E-state index in [0.717, 1.165) is 42.8 Å². The van der Waals surface area contributed by atoms with Crippen molar-refractivity contribution in [2.75, 3.05) is 18.5 Å². The van der Waals surface area contributed by atoms with Crippen molar-refractivity contribution < 1.29 is 9.26 Å². The van der Waals surface area contributed by atoms with Gasteiger partial charge in [0.1, 0.15) is 11.9 Å². The van der Waals surface area contributed by atoms with Gasteiger partial charge in [-0.15, -0.1) is 0 Å². The Bertz CT molecular complexity index is 676. The molecule has 4 rings (SSSR count). The highest BCUT2D eigenvalue weighted by Crippen LogP contribution is 2.40. The molecule has 130 valence electrons. The van der Waals surface area contributed by atoms with E-state index in [1.807, 2.05) is 0 Å². The number of nitrogens with one attached hydrogen (secondary N) is 1. The summed E-state index contributed by atoms with van der Waals surface area (Å²) in [6.07, 6.45) is 4.37. The van der Waals surface area contributed by atoms with Crippen LogP contribution in [0.1, 0.15) is 74.9 Å². The van der Waals surface area contributed by atoms with Gasteiger partial charge in [-0.3, -0.25) is 0 Å². The highest BCUT2D eigenvalue weighted by molar-refractivity contribution is 7.09. The molecule has 1 saturated heterocycles. The summed E-state index contributed by atoms with van der Waals surface area (Å²) in [7, 11) is 0. The third-order valence-electron chi connectivity index (χ3n) is 4.64. The summed E-state index contributed by atoms with van der Waals surface area (Å²) in [6.45, 7) is 5.69. The van der Waals surface area contributed by atoms with Crippen LogP contribution in [-0.4, -0.2) is 32.7 Å². The summed E-state index contributed by atoms with van der Waals surface area (Å²) < 4.78 is 15.6. The van der Waals surface area contributed by atoms with Gasteiger partial charge in [-0.1, -0.05) is 19.0 Å². The Balaban J connectivity index is 1.56. The zero-order chi connectivity index (χ0) is 16.5. The number of anilines is 1. The van der Waals surface area contributed by atoms with Gasteiger partial charge in [0, 0.05) is 36.6 Å². The smallest absolute Gasteiger partial charge is 0.249 e. The first-order chi connectivity index (χ1) is 11.7. The predicted molar refractivity (Wildman–Crippen MR) is 90.2 cm³/mol. The summed E-state index contributed by atoms with van der Waals surface area (Å²) in [5.41, 5.74) is 0. The average Bonchev–Trinajstić information content (AvgIpc) is 3.14. The van der Waals surface area contributed by atoms with Crippen LogP contribution in [0.15, 0.2) is 4.52 Å². The fraction of sp³-hybridized carbons (Fsp3) is 0.750. The largest absolute Gasteiger partial charge is 0.381 e. The van der Waals surface area contributed by atoms with E-state index in [9.17, 15) is 0 Å². The normalized spacial score (nSPS) is 20.5. The lowest BCUT2D eigenvalue weighted by Gasteiger charge is -2.28. The van der Waals surface area contributed by atoms with Crippen LogP contribution < -0.4 is 5.32 Å². The summed E-state index contributed by atoms with van der Waals surface area (Å²) in [6, 6.07) is -0.0334. The predicted octanol–water partition coefficient (Wildman–Crippen LogP) is 3.50. The second-order valence-electron chi connectivity index (χ2n) is 6.95. The van der Waals surface area contributed by atoms with Crippen LogP contribution in [0.5, 0.6) is 0 Å². The summed E-state index contributed by atoms with van der Waals surface area (Å²) in [5, 5.41) is 8.49. The molecule has 0 radical (unpaired) electrons. The molecule has 1 atom stereocenters. The van der Waals surface area contributed by atoms with Gasteiger partial charge in [0.05, 0.1) is 0 Å². The molecule has 1 aliphatic heterocycles. The molecule has 2 fully saturated rings. The second kappa shape index (κ2) is 6.76. The van der Waals surface area contributed by atoms with E-state index in [0.29, 0.717) is 17.7 Å². The van der Waals surface area contributed by atoms with Crippen molar-refractivity contribution in [1.29, 1.82) is 0 Å². The molecule has 0 amide bonds. The Morgan fingerprint density at radius 2 is 1.92 bits per heavy atom. The fourth-order valence-electron chi connectivity index (χ4n) is 2.97. The minimum atomic E-state index is -0.0334. The van der Waals surface area contributed by atoms with E-state index >= 15 is 0 Å². The van der Waals surface area contributed by atoms with Gasteiger partial charge >= 0.3 is 0 Å². The van der Waals surface area contributed by atoms with Crippen molar-refractivity contribution in [2.24, 2.45) is 5.92 Å². The van der Waals surface area contributed by atoms with Crippen LogP contribution in [0.25, 0.3) is 0 Å². The quantitative estimate of drug-likeness (QED) is 0.854. The van der Waals surface area contributed by atoms with Gasteiger partial charge in [-0.2, -0.15) is 9.36 Å². The van der Waals surface area contributed by atoms with Crippen molar-refractivity contribution in [2.45, 2.75) is 57.4 Å². The first kappa shape index (κ1) is 16.0. The van der Waals surface area contributed by atoms with E-state index in [2.05, 4.69) is 38.7 Å². The Morgan fingerprint density at radius 3 is 2.58 bits per heavy atom. The van der Waals surface area contributed by atoms with Crippen LogP contribution in [0.3, 0.4) is 0 Å². The van der Waals surface area contributed by atoms with Crippen molar-refractivity contribution in [3.63, 3.8) is 0 Å². The lowest BCUT2D eigenvalue weighted by molar-refractivity contribution is 0.0571. The Morgan fingerprint density at radius 1 is 1.12 bits per heavy atom. The molecule has 1 aliphatic carbocycles. The zero-order valence-corrected chi connectivity index (χ0v) is 14.9. The van der Waals surface area contributed by atoms with Gasteiger partial charge in [0.25, 0.3) is 0 Å². The van der Waals surface area contributed by atoms with Gasteiger partial charge in [0.15, 0.2) is 5.82 Å². The Kier molecular flexibility index (Phi) is 4.49. The molecule has 2 aromatic heterocycles. The van der Waals surface area contributed by atoms with Crippen LogP contribution in [0.4, 0.5) is 5.13 Å². The first-order valence-electron chi connectivity index (χ1n) is 8.72. The van der Waals surface area contributed by atoms with Crippen molar-refractivity contribution in [3.05, 3.63) is 17.5 Å². The zero-order valence-electron chi connectivity index (χ0n) is 14.1. The summed E-state index contributed by atoms with van der Waals surface area (Å²) in [5.74, 6) is 3.58. The number of hydrogen-bond acceptors (Lipinski definition) is 8. The molecule has 0 spiro atoms. The molecule has 0 bridgehead atoms. The van der Waals surface area contributed by atoms with Gasteiger partial charge in [0.2, 0.25) is 11.0 Å². The van der Waals surface area contributed by atoms with Crippen LogP contribution in [-0.2, 0) is 4.74 Å². The highest BCUT2D eigenvalue weighted by atomic mass is 32.1. The molecule has 8 heteroatoms. The molecular weight excluding hydrogens is 326 g/mol. The first-order valence-corrected chi connectivity index (χ1v) is 9.49. The van der Waals surface area contributed by atoms with E-state index in [1.54, 1.807) is 0 Å². The van der Waals surface area contributed by atoms with E-state index in [-0.39, 0.29) is 12.0 Å². The van der Waals surface area contributed by atoms with E-state index in [4.69, 9.17) is 9.26 Å². The third-order valence-corrected chi connectivity index (χ3v) is 5.30. The number of hydrogen-bond donors (Lipinski definition) is 1. The SMILES string of the molecule is CC(C)c1noc(C(Nc2nc(C3CC3)ns2)C2CCOCC2)n1. The fourth-order valence-corrected chi connectivity index (χ4v) is 3.66. The summed E-state index contributed by atoms with van der Waals surface area (Å²) >= 11 is 1.42. The van der Waals surface area contributed by atoms with Crippen molar-refractivity contribution in [3.8, 4) is 0 Å². The lowest BCUT2D eigenvalue weighted by Crippen LogP contribution is -2.27. The minimum Gasteiger partial charge on any atom is -0.381 e. The molecule has 7 nitrogen and oxygen atoms in total. The molecule has 1 unspecified atom stereocenters. The molecular formula is C16H23N5O2S. The van der Waals surface area contributed by atoms with Crippen molar-refractivity contribution in [1.82, 2.24) is 19.5 Å². The van der Waals surface area contributed by atoms with E-state index < -0.39 is 0 Å². The molecule has 24 heavy (non-hydrogen) atoms. The highest BCUT2D eigenvalue weighted by Gasteiger charge is 2.32. The number of aromatic nitrogens is 4. The maximum atomic E-state index is 5.57. The number of ether oxygens (including phenoxy) is 1. The average molecular weight is 349 g/mol. The van der Waals surface area contributed by atoms with Crippen LogP contribution in [0.2, 0.25) is 0 Å². The van der Waals surface area contributed by atoms with Gasteiger partial charge in [-0.05, 0) is 31.6 Å².